The Morgan fingerprint density at radius 2 is 2.10 bits per heavy atom. The van der Waals surface area contributed by atoms with Crippen molar-refractivity contribution in [3.63, 3.8) is 0 Å². The molecule has 0 spiro atoms. The molecular weight excluding hydrogens is 378 g/mol. The van der Waals surface area contributed by atoms with Crippen LogP contribution < -0.4 is 15.0 Å². The van der Waals surface area contributed by atoms with Crippen LogP contribution in [-0.2, 0) is 0 Å². The molecule has 0 unspecified atom stereocenters. The largest absolute Gasteiger partial charge is 0.497 e. The lowest BCUT2D eigenvalue weighted by Gasteiger charge is -2.33. The SMILES string of the molecule is COc1ccc(-c2cc(N3CCC[C@@H](NC(=O)c4cccc(C#N)c4)C3)n[nH]2)cc1. The number of nitrogens with zero attached hydrogens (tertiary/aromatic N) is 3. The van der Waals surface area contributed by atoms with E-state index in [4.69, 9.17) is 10.00 Å². The van der Waals surface area contributed by atoms with E-state index in [1.807, 2.05) is 30.3 Å². The van der Waals surface area contributed by atoms with E-state index >= 15 is 0 Å². The highest BCUT2D eigenvalue weighted by atomic mass is 16.5. The number of piperidine rings is 1. The molecule has 2 N–H and O–H groups in total. The molecule has 3 aromatic rings. The van der Waals surface area contributed by atoms with Crippen LogP contribution in [0.1, 0.15) is 28.8 Å². The summed E-state index contributed by atoms with van der Waals surface area (Å²) < 4.78 is 5.21. The summed E-state index contributed by atoms with van der Waals surface area (Å²) in [5, 5.41) is 19.7. The molecule has 152 valence electrons. The molecule has 1 aliphatic heterocycles. The zero-order chi connectivity index (χ0) is 20.9. The number of nitrogens with one attached hydrogen (secondary N) is 2. The van der Waals surface area contributed by atoms with E-state index in [1.54, 1.807) is 31.4 Å². The lowest BCUT2D eigenvalue weighted by molar-refractivity contribution is 0.0933. The standard InChI is InChI=1S/C23H23N5O2/c1-30-20-9-7-17(8-10-20)21-13-22(27-26-21)28-11-3-6-19(15-28)25-23(29)18-5-2-4-16(12-18)14-24/h2,4-5,7-10,12-13,19H,3,6,11,15H2,1H3,(H,25,29)(H,26,27)/t19-/m1/s1. The number of carbonyl (C=O) groups is 1. The summed E-state index contributed by atoms with van der Waals surface area (Å²) in [6.07, 6.45) is 1.88. The number of rotatable bonds is 5. The van der Waals surface area contributed by atoms with Crippen molar-refractivity contribution in [3.05, 3.63) is 65.7 Å². The molecule has 1 atom stereocenters. The number of anilines is 1. The average Bonchev–Trinajstić information content (AvgIpc) is 3.30. The minimum Gasteiger partial charge on any atom is -0.497 e. The van der Waals surface area contributed by atoms with Gasteiger partial charge in [0.05, 0.1) is 24.4 Å². The number of aromatic nitrogens is 2. The van der Waals surface area contributed by atoms with Gasteiger partial charge in [-0.3, -0.25) is 9.89 Å². The number of amides is 1. The third-order valence-electron chi connectivity index (χ3n) is 5.30. The molecule has 1 fully saturated rings. The minimum atomic E-state index is -0.153. The van der Waals surface area contributed by atoms with Crippen molar-refractivity contribution in [1.82, 2.24) is 15.5 Å². The van der Waals surface area contributed by atoms with Crippen molar-refractivity contribution in [2.45, 2.75) is 18.9 Å². The van der Waals surface area contributed by atoms with Crippen LogP contribution in [0.25, 0.3) is 11.3 Å². The van der Waals surface area contributed by atoms with Gasteiger partial charge in [-0.2, -0.15) is 10.4 Å². The molecule has 1 saturated heterocycles. The Hall–Kier alpha value is -3.79. The number of methoxy groups -OCH3 is 1. The Labute approximate surface area is 175 Å². The van der Waals surface area contributed by atoms with Crippen LogP contribution in [0.15, 0.2) is 54.6 Å². The lowest BCUT2D eigenvalue weighted by Crippen LogP contribution is -2.48. The number of hydrogen-bond acceptors (Lipinski definition) is 5. The quantitative estimate of drug-likeness (QED) is 0.684. The lowest BCUT2D eigenvalue weighted by atomic mass is 10.0. The van der Waals surface area contributed by atoms with Gasteiger partial charge in [0, 0.05) is 30.8 Å². The van der Waals surface area contributed by atoms with Gasteiger partial charge in [0.1, 0.15) is 5.75 Å². The van der Waals surface area contributed by atoms with Crippen molar-refractivity contribution in [1.29, 1.82) is 5.26 Å². The van der Waals surface area contributed by atoms with Crippen LogP contribution in [0, 0.1) is 11.3 Å². The maximum atomic E-state index is 12.6. The molecule has 1 aliphatic rings. The molecule has 0 bridgehead atoms. The van der Waals surface area contributed by atoms with Gasteiger partial charge < -0.3 is 15.0 Å². The van der Waals surface area contributed by atoms with Crippen LogP contribution in [0.2, 0.25) is 0 Å². The number of benzene rings is 2. The van der Waals surface area contributed by atoms with Crippen LogP contribution in [0.5, 0.6) is 5.75 Å². The van der Waals surface area contributed by atoms with Crippen LogP contribution in [-0.4, -0.2) is 42.3 Å². The summed E-state index contributed by atoms with van der Waals surface area (Å²) in [6, 6.07) is 18.7. The molecule has 7 heteroatoms. The summed E-state index contributed by atoms with van der Waals surface area (Å²) in [7, 11) is 1.65. The molecule has 4 rings (SSSR count). The normalized spacial score (nSPS) is 16.0. The van der Waals surface area contributed by atoms with E-state index in [0.717, 1.165) is 42.2 Å². The fraction of sp³-hybridized carbons (Fsp3) is 0.261. The Morgan fingerprint density at radius 3 is 2.87 bits per heavy atom. The predicted octanol–water partition coefficient (Wildman–Crippen LogP) is 3.36. The molecule has 0 radical (unpaired) electrons. The molecule has 0 aliphatic carbocycles. The van der Waals surface area contributed by atoms with Gasteiger partial charge in [0.15, 0.2) is 5.82 Å². The van der Waals surface area contributed by atoms with E-state index in [9.17, 15) is 4.79 Å². The second-order valence-corrected chi connectivity index (χ2v) is 7.32. The topological polar surface area (TPSA) is 94.0 Å². The smallest absolute Gasteiger partial charge is 0.251 e. The zero-order valence-corrected chi connectivity index (χ0v) is 16.8. The van der Waals surface area contributed by atoms with Crippen LogP contribution >= 0.6 is 0 Å². The van der Waals surface area contributed by atoms with Crippen molar-refractivity contribution in [2.24, 2.45) is 0 Å². The van der Waals surface area contributed by atoms with Crippen LogP contribution in [0.4, 0.5) is 5.82 Å². The van der Waals surface area contributed by atoms with E-state index < -0.39 is 0 Å². The summed E-state index contributed by atoms with van der Waals surface area (Å²) in [4.78, 5) is 14.8. The highest BCUT2D eigenvalue weighted by Gasteiger charge is 2.23. The number of ether oxygens (including phenoxy) is 1. The third kappa shape index (κ3) is 4.28. The van der Waals surface area contributed by atoms with Gasteiger partial charge >= 0.3 is 0 Å². The van der Waals surface area contributed by atoms with Gasteiger partial charge in [0.2, 0.25) is 0 Å². The monoisotopic (exact) mass is 401 g/mol. The number of nitriles is 1. The van der Waals surface area contributed by atoms with Gasteiger partial charge in [0.25, 0.3) is 5.91 Å². The van der Waals surface area contributed by atoms with E-state index in [1.165, 1.54) is 0 Å². The zero-order valence-electron chi connectivity index (χ0n) is 16.8. The van der Waals surface area contributed by atoms with Crippen molar-refractivity contribution in [3.8, 4) is 23.1 Å². The minimum absolute atomic E-state index is 0.0260. The van der Waals surface area contributed by atoms with Crippen molar-refractivity contribution >= 4 is 11.7 Å². The number of H-pyrrole nitrogens is 1. The van der Waals surface area contributed by atoms with E-state index in [2.05, 4.69) is 26.5 Å². The summed E-state index contributed by atoms with van der Waals surface area (Å²) in [6.45, 7) is 1.58. The summed E-state index contributed by atoms with van der Waals surface area (Å²) >= 11 is 0. The molecule has 1 aromatic heterocycles. The summed E-state index contributed by atoms with van der Waals surface area (Å²) in [5.74, 6) is 1.53. The first-order valence-electron chi connectivity index (χ1n) is 9.92. The molecule has 1 amide bonds. The molecular formula is C23H23N5O2. The first kappa shape index (κ1) is 19.5. The fourth-order valence-corrected chi connectivity index (χ4v) is 3.69. The molecule has 0 saturated carbocycles. The Balaban J connectivity index is 1.42. The van der Waals surface area contributed by atoms with Crippen LogP contribution in [0.3, 0.4) is 0 Å². The first-order valence-corrected chi connectivity index (χ1v) is 9.92. The maximum absolute atomic E-state index is 12.6. The van der Waals surface area contributed by atoms with Crippen molar-refractivity contribution < 1.29 is 9.53 Å². The number of carbonyl (C=O) groups excluding carboxylic acids is 1. The molecule has 2 heterocycles. The second kappa shape index (κ2) is 8.70. The van der Waals surface area contributed by atoms with Crippen molar-refractivity contribution in [2.75, 3.05) is 25.1 Å². The average molecular weight is 401 g/mol. The second-order valence-electron chi connectivity index (χ2n) is 7.32. The first-order chi connectivity index (χ1) is 14.7. The number of hydrogen-bond donors (Lipinski definition) is 2. The Bertz CT molecular complexity index is 1070. The predicted molar refractivity (Wildman–Crippen MR) is 114 cm³/mol. The Kier molecular flexibility index (Phi) is 5.66. The molecule has 30 heavy (non-hydrogen) atoms. The maximum Gasteiger partial charge on any atom is 0.251 e. The fourth-order valence-electron chi connectivity index (χ4n) is 3.69. The third-order valence-corrected chi connectivity index (χ3v) is 5.30. The Morgan fingerprint density at radius 1 is 1.27 bits per heavy atom. The van der Waals surface area contributed by atoms with E-state index in [0.29, 0.717) is 17.7 Å². The highest BCUT2D eigenvalue weighted by molar-refractivity contribution is 5.94. The number of aromatic amines is 1. The summed E-state index contributed by atoms with van der Waals surface area (Å²) in [5.41, 5.74) is 2.96. The molecule has 2 aromatic carbocycles. The van der Waals surface area contributed by atoms with Gasteiger partial charge in [-0.05, 0) is 60.9 Å². The van der Waals surface area contributed by atoms with Gasteiger partial charge in [-0.25, -0.2) is 0 Å². The van der Waals surface area contributed by atoms with Gasteiger partial charge in [-0.15, -0.1) is 0 Å². The molecule has 7 nitrogen and oxygen atoms in total. The highest BCUT2D eigenvalue weighted by Crippen LogP contribution is 2.25. The van der Waals surface area contributed by atoms with Gasteiger partial charge in [-0.1, -0.05) is 6.07 Å². The van der Waals surface area contributed by atoms with E-state index in [-0.39, 0.29) is 11.9 Å².